The van der Waals surface area contributed by atoms with Crippen molar-refractivity contribution in [3.05, 3.63) is 18.2 Å². The van der Waals surface area contributed by atoms with Crippen molar-refractivity contribution in [2.24, 2.45) is 5.73 Å². The van der Waals surface area contributed by atoms with Crippen molar-refractivity contribution in [1.82, 2.24) is 20.2 Å². The topological polar surface area (TPSA) is 70.0 Å². The maximum atomic E-state index is 5.77. The van der Waals surface area contributed by atoms with Crippen molar-refractivity contribution < 1.29 is 0 Å². The summed E-state index contributed by atoms with van der Waals surface area (Å²) in [5.41, 5.74) is 5.77. The minimum Gasteiger partial charge on any atom is -0.347 e. The number of nitrogens with one attached hydrogen (secondary N) is 2. The highest BCUT2D eigenvalue weighted by Gasteiger charge is 2.22. The molecule has 0 radical (unpaired) electrons. The van der Waals surface area contributed by atoms with Gasteiger partial charge < -0.3 is 16.0 Å². The van der Waals surface area contributed by atoms with Crippen molar-refractivity contribution in [2.75, 3.05) is 32.7 Å². The van der Waals surface area contributed by atoms with E-state index < -0.39 is 0 Å². The molecule has 1 aromatic rings. The zero-order chi connectivity index (χ0) is 9.80. The summed E-state index contributed by atoms with van der Waals surface area (Å²) in [4.78, 5) is 9.77. The van der Waals surface area contributed by atoms with E-state index in [0.29, 0.717) is 6.54 Å². The van der Waals surface area contributed by atoms with Gasteiger partial charge in [-0.2, -0.15) is 0 Å². The summed E-state index contributed by atoms with van der Waals surface area (Å²) in [5, 5.41) is 3.33. The van der Waals surface area contributed by atoms with E-state index >= 15 is 0 Å². The van der Waals surface area contributed by atoms with E-state index in [1.54, 1.807) is 6.20 Å². The second kappa shape index (κ2) is 4.54. The van der Waals surface area contributed by atoms with E-state index in [1.165, 1.54) is 0 Å². The van der Waals surface area contributed by atoms with Gasteiger partial charge in [0.15, 0.2) is 0 Å². The number of hydrogen-bond donors (Lipinski definition) is 3. The number of aromatic nitrogens is 2. The summed E-state index contributed by atoms with van der Waals surface area (Å²) in [7, 11) is 0. The van der Waals surface area contributed by atoms with Crippen LogP contribution in [0, 0.1) is 0 Å². The van der Waals surface area contributed by atoms with Crippen LogP contribution in [0.1, 0.15) is 11.9 Å². The minimum atomic E-state index is 0.243. The fourth-order valence-corrected chi connectivity index (χ4v) is 1.89. The monoisotopic (exact) mass is 195 g/mol. The smallest absolute Gasteiger partial charge is 0.124 e. The summed E-state index contributed by atoms with van der Waals surface area (Å²) in [6, 6.07) is 0.243. The molecule has 4 N–H and O–H groups in total. The zero-order valence-corrected chi connectivity index (χ0v) is 8.24. The maximum absolute atomic E-state index is 5.77. The van der Waals surface area contributed by atoms with Crippen LogP contribution >= 0.6 is 0 Å². The highest BCUT2D eigenvalue weighted by molar-refractivity contribution is 4.98. The molecule has 0 amide bonds. The van der Waals surface area contributed by atoms with Gasteiger partial charge in [-0.15, -0.1) is 0 Å². The molecule has 5 heteroatoms. The molecule has 1 saturated heterocycles. The van der Waals surface area contributed by atoms with Crippen molar-refractivity contribution in [2.45, 2.75) is 6.04 Å². The molecule has 0 spiro atoms. The van der Waals surface area contributed by atoms with Crippen molar-refractivity contribution in [1.29, 1.82) is 0 Å². The number of rotatable bonds is 3. The molecule has 2 rings (SSSR count). The molecular weight excluding hydrogens is 178 g/mol. The van der Waals surface area contributed by atoms with Crippen LogP contribution in [-0.4, -0.2) is 47.6 Å². The standard InChI is InChI=1S/C9H17N5/c10-7-8(9-12-1-2-13-9)14-5-3-11-4-6-14/h1-2,8,11H,3-7,10H2,(H,12,13). The lowest BCUT2D eigenvalue weighted by Crippen LogP contribution is -2.47. The molecule has 78 valence electrons. The van der Waals surface area contributed by atoms with Gasteiger partial charge >= 0.3 is 0 Å². The highest BCUT2D eigenvalue weighted by atomic mass is 15.2. The van der Waals surface area contributed by atoms with Crippen LogP contribution in [0.2, 0.25) is 0 Å². The molecule has 0 aromatic carbocycles. The Bertz CT molecular complexity index is 252. The first-order chi connectivity index (χ1) is 6.92. The van der Waals surface area contributed by atoms with Gasteiger partial charge in [-0.3, -0.25) is 4.90 Å². The van der Waals surface area contributed by atoms with Crippen LogP contribution in [0.15, 0.2) is 12.4 Å². The van der Waals surface area contributed by atoms with Gasteiger partial charge in [0.1, 0.15) is 5.82 Å². The van der Waals surface area contributed by atoms with Crippen LogP contribution in [0.25, 0.3) is 0 Å². The molecule has 14 heavy (non-hydrogen) atoms. The van der Waals surface area contributed by atoms with Gasteiger partial charge in [-0.05, 0) is 0 Å². The fourth-order valence-electron chi connectivity index (χ4n) is 1.89. The second-order valence-electron chi connectivity index (χ2n) is 3.51. The molecule has 1 aromatic heterocycles. The lowest BCUT2D eigenvalue weighted by atomic mass is 10.2. The molecule has 1 fully saturated rings. The van der Waals surface area contributed by atoms with E-state index in [1.807, 2.05) is 6.20 Å². The largest absolute Gasteiger partial charge is 0.347 e. The average molecular weight is 195 g/mol. The van der Waals surface area contributed by atoms with Gasteiger partial charge in [0.25, 0.3) is 0 Å². The predicted molar refractivity (Wildman–Crippen MR) is 54.8 cm³/mol. The summed E-state index contributed by atoms with van der Waals surface area (Å²) in [6.45, 7) is 4.78. The second-order valence-corrected chi connectivity index (χ2v) is 3.51. The van der Waals surface area contributed by atoms with E-state index in [-0.39, 0.29) is 6.04 Å². The van der Waals surface area contributed by atoms with Crippen molar-refractivity contribution in [3.63, 3.8) is 0 Å². The highest BCUT2D eigenvalue weighted by Crippen LogP contribution is 2.15. The first-order valence-corrected chi connectivity index (χ1v) is 5.06. The number of H-pyrrole nitrogens is 1. The van der Waals surface area contributed by atoms with E-state index in [2.05, 4.69) is 20.2 Å². The quantitative estimate of drug-likeness (QED) is 0.597. The Morgan fingerprint density at radius 3 is 2.86 bits per heavy atom. The third-order valence-corrected chi connectivity index (χ3v) is 2.65. The summed E-state index contributed by atoms with van der Waals surface area (Å²) in [5.74, 6) is 0.981. The number of aromatic amines is 1. The summed E-state index contributed by atoms with van der Waals surface area (Å²) >= 11 is 0. The number of imidazole rings is 1. The van der Waals surface area contributed by atoms with Crippen LogP contribution < -0.4 is 11.1 Å². The van der Waals surface area contributed by atoms with E-state index in [0.717, 1.165) is 32.0 Å². The van der Waals surface area contributed by atoms with Gasteiger partial charge in [0.2, 0.25) is 0 Å². The van der Waals surface area contributed by atoms with E-state index in [9.17, 15) is 0 Å². The summed E-state index contributed by atoms with van der Waals surface area (Å²) < 4.78 is 0. The Hall–Kier alpha value is -0.910. The van der Waals surface area contributed by atoms with Crippen molar-refractivity contribution in [3.8, 4) is 0 Å². The number of nitrogens with zero attached hydrogens (tertiary/aromatic N) is 2. The van der Waals surface area contributed by atoms with Gasteiger partial charge in [0.05, 0.1) is 6.04 Å². The molecule has 5 nitrogen and oxygen atoms in total. The van der Waals surface area contributed by atoms with Crippen molar-refractivity contribution >= 4 is 0 Å². The Balaban J connectivity index is 2.04. The number of hydrogen-bond acceptors (Lipinski definition) is 4. The molecule has 1 unspecified atom stereocenters. The Morgan fingerprint density at radius 1 is 1.50 bits per heavy atom. The normalized spacial score (nSPS) is 20.9. The fraction of sp³-hybridized carbons (Fsp3) is 0.667. The average Bonchev–Trinajstić information content (AvgIpc) is 2.74. The SMILES string of the molecule is NCC(c1ncc[nH]1)N1CCNCC1. The molecule has 1 aliphatic rings. The molecule has 1 aliphatic heterocycles. The predicted octanol–water partition coefficient (Wildman–Crippen LogP) is -0.685. The zero-order valence-electron chi connectivity index (χ0n) is 8.24. The Labute approximate surface area is 83.7 Å². The number of nitrogens with two attached hydrogens (primary N) is 1. The molecule has 1 atom stereocenters. The third-order valence-electron chi connectivity index (χ3n) is 2.65. The van der Waals surface area contributed by atoms with Gasteiger partial charge in [-0.25, -0.2) is 4.98 Å². The van der Waals surface area contributed by atoms with Gasteiger partial charge in [0, 0.05) is 45.1 Å². The lowest BCUT2D eigenvalue weighted by molar-refractivity contribution is 0.172. The number of piperazine rings is 1. The van der Waals surface area contributed by atoms with Crippen LogP contribution in [0.4, 0.5) is 0 Å². The molecular formula is C9H17N5. The van der Waals surface area contributed by atoms with Crippen LogP contribution in [0.5, 0.6) is 0 Å². The van der Waals surface area contributed by atoms with Crippen LogP contribution in [0.3, 0.4) is 0 Å². The first-order valence-electron chi connectivity index (χ1n) is 5.06. The van der Waals surface area contributed by atoms with Gasteiger partial charge in [-0.1, -0.05) is 0 Å². The lowest BCUT2D eigenvalue weighted by Gasteiger charge is -2.33. The first kappa shape index (κ1) is 9.64. The Morgan fingerprint density at radius 2 is 2.29 bits per heavy atom. The maximum Gasteiger partial charge on any atom is 0.124 e. The third kappa shape index (κ3) is 1.95. The molecule has 2 heterocycles. The Kier molecular flexibility index (Phi) is 3.13. The summed E-state index contributed by atoms with van der Waals surface area (Å²) in [6.07, 6.45) is 3.63. The molecule has 0 saturated carbocycles. The van der Waals surface area contributed by atoms with Crippen LogP contribution in [-0.2, 0) is 0 Å². The molecule has 0 bridgehead atoms. The van der Waals surface area contributed by atoms with E-state index in [4.69, 9.17) is 5.73 Å². The minimum absolute atomic E-state index is 0.243. The molecule has 0 aliphatic carbocycles.